The maximum atomic E-state index is 11.1. The normalized spacial score (nSPS) is 10.3. The van der Waals surface area contributed by atoms with Crippen LogP contribution in [0, 0.1) is 6.92 Å². The maximum absolute atomic E-state index is 11.1. The first-order chi connectivity index (χ1) is 10.0. The minimum absolute atomic E-state index is 0.133. The van der Waals surface area contributed by atoms with Gasteiger partial charge in [-0.15, -0.1) is 0 Å². The van der Waals surface area contributed by atoms with Gasteiger partial charge >= 0.3 is 5.97 Å². The van der Waals surface area contributed by atoms with E-state index in [0.29, 0.717) is 11.3 Å². The summed E-state index contributed by atoms with van der Waals surface area (Å²) in [7, 11) is 0. The molecule has 0 aliphatic rings. The average Bonchev–Trinajstić information content (AvgIpc) is 2.42. The van der Waals surface area contributed by atoms with Crippen molar-refractivity contribution in [1.82, 2.24) is 0 Å². The molecular weight excluding hydrogens is 272 g/mol. The van der Waals surface area contributed by atoms with Crippen LogP contribution < -0.4 is 4.74 Å². The van der Waals surface area contributed by atoms with Crippen LogP contribution in [0.15, 0.2) is 36.4 Å². The Hall–Kier alpha value is -2.69. The van der Waals surface area contributed by atoms with E-state index in [9.17, 15) is 15.0 Å². The Bertz CT molecular complexity index is 649. The number of carboxylic acid groups (broad SMARTS) is 1. The van der Waals surface area contributed by atoms with E-state index in [1.165, 1.54) is 13.0 Å². The van der Waals surface area contributed by atoms with Crippen molar-refractivity contribution in [3.8, 4) is 17.2 Å². The molecule has 5 heteroatoms. The van der Waals surface area contributed by atoms with E-state index in [-0.39, 0.29) is 29.9 Å². The van der Waals surface area contributed by atoms with Gasteiger partial charge in [-0.1, -0.05) is 18.2 Å². The van der Waals surface area contributed by atoms with E-state index in [4.69, 9.17) is 9.84 Å². The number of aromatic hydroxyl groups is 2. The molecule has 3 N–H and O–H groups in total. The van der Waals surface area contributed by atoms with Gasteiger partial charge in [-0.3, -0.25) is 0 Å². The van der Waals surface area contributed by atoms with Crippen molar-refractivity contribution in [2.24, 2.45) is 0 Å². The molecule has 5 nitrogen and oxygen atoms in total. The Balaban J connectivity index is 2.16. The van der Waals surface area contributed by atoms with Gasteiger partial charge in [0, 0.05) is 12.0 Å². The predicted octanol–water partition coefficient (Wildman–Crippen LogP) is 2.73. The van der Waals surface area contributed by atoms with Crippen molar-refractivity contribution in [3.05, 3.63) is 53.1 Å². The first-order valence-electron chi connectivity index (χ1n) is 6.46. The highest BCUT2D eigenvalue weighted by molar-refractivity contribution is 5.93. The molecule has 0 bridgehead atoms. The summed E-state index contributed by atoms with van der Waals surface area (Å²) < 4.78 is 5.48. The second-order valence-electron chi connectivity index (χ2n) is 4.63. The van der Waals surface area contributed by atoms with Crippen molar-refractivity contribution in [1.29, 1.82) is 0 Å². The van der Waals surface area contributed by atoms with Crippen LogP contribution in [0.5, 0.6) is 17.2 Å². The fourth-order valence-electron chi connectivity index (χ4n) is 2.13. The van der Waals surface area contributed by atoms with E-state index in [2.05, 4.69) is 0 Å². The molecule has 0 saturated heterocycles. The minimum atomic E-state index is -1.23. The van der Waals surface area contributed by atoms with E-state index in [0.717, 1.165) is 0 Å². The molecule has 2 rings (SSSR count). The topological polar surface area (TPSA) is 87.0 Å². The van der Waals surface area contributed by atoms with Crippen LogP contribution in [0.2, 0.25) is 0 Å². The van der Waals surface area contributed by atoms with Gasteiger partial charge in [0.2, 0.25) is 0 Å². The lowest BCUT2D eigenvalue weighted by atomic mass is 10.00. The van der Waals surface area contributed by atoms with Crippen molar-refractivity contribution in [3.63, 3.8) is 0 Å². The fraction of sp³-hybridized carbons (Fsp3) is 0.188. The lowest BCUT2D eigenvalue weighted by Crippen LogP contribution is -2.06. The summed E-state index contributed by atoms with van der Waals surface area (Å²) in [5.74, 6) is -1.10. The number of carbonyl (C=O) groups is 1. The first-order valence-corrected chi connectivity index (χ1v) is 6.46. The van der Waals surface area contributed by atoms with Gasteiger partial charge in [0.25, 0.3) is 0 Å². The maximum Gasteiger partial charge on any atom is 0.339 e. The Labute approximate surface area is 122 Å². The third-order valence-electron chi connectivity index (χ3n) is 3.16. The highest BCUT2D eigenvalue weighted by Crippen LogP contribution is 2.33. The quantitative estimate of drug-likeness (QED) is 0.787. The summed E-state index contributed by atoms with van der Waals surface area (Å²) in [5.41, 5.74) is 0.293. The summed E-state index contributed by atoms with van der Waals surface area (Å²) in [5, 5.41) is 29.0. The largest absolute Gasteiger partial charge is 0.508 e. The molecule has 0 atom stereocenters. The number of hydrogen-bond acceptors (Lipinski definition) is 4. The molecule has 0 unspecified atom stereocenters. The molecule has 2 aromatic carbocycles. The number of ether oxygens (including phenoxy) is 1. The lowest BCUT2D eigenvalue weighted by Gasteiger charge is -2.13. The molecule has 110 valence electrons. The number of benzene rings is 2. The van der Waals surface area contributed by atoms with Gasteiger partial charge in [0.05, 0.1) is 6.61 Å². The third-order valence-corrected chi connectivity index (χ3v) is 3.16. The molecule has 0 saturated carbocycles. The van der Waals surface area contributed by atoms with Crippen molar-refractivity contribution in [2.75, 3.05) is 6.61 Å². The van der Waals surface area contributed by atoms with Crippen molar-refractivity contribution >= 4 is 5.97 Å². The van der Waals surface area contributed by atoms with Crippen LogP contribution in [0.1, 0.15) is 21.5 Å². The Morgan fingerprint density at radius 2 is 1.86 bits per heavy atom. The third kappa shape index (κ3) is 3.25. The zero-order valence-corrected chi connectivity index (χ0v) is 11.5. The Kier molecular flexibility index (Phi) is 4.33. The van der Waals surface area contributed by atoms with Gasteiger partial charge in [-0.2, -0.15) is 0 Å². The van der Waals surface area contributed by atoms with Gasteiger partial charge in [-0.05, 0) is 30.7 Å². The highest BCUT2D eigenvalue weighted by atomic mass is 16.5. The molecular formula is C16H16O5. The number of carboxylic acids is 1. The highest BCUT2D eigenvalue weighted by Gasteiger charge is 2.20. The summed E-state index contributed by atoms with van der Waals surface area (Å²) in [6.07, 6.45) is 0.202. The molecule has 0 aliphatic heterocycles. The van der Waals surface area contributed by atoms with Crippen molar-refractivity contribution in [2.45, 2.75) is 13.3 Å². The van der Waals surface area contributed by atoms with Crippen LogP contribution >= 0.6 is 0 Å². The number of rotatable bonds is 5. The monoisotopic (exact) mass is 288 g/mol. The molecule has 0 spiro atoms. The van der Waals surface area contributed by atoms with Gasteiger partial charge < -0.3 is 20.1 Å². The van der Waals surface area contributed by atoms with Crippen LogP contribution in [-0.4, -0.2) is 27.9 Å². The fourth-order valence-corrected chi connectivity index (χ4v) is 2.13. The van der Waals surface area contributed by atoms with Crippen molar-refractivity contribution < 1.29 is 24.9 Å². The predicted molar refractivity (Wildman–Crippen MR) is 77.1 cm³/mol. The summed E-state index contributed by atoms with van der Waals surface area (Å²) in [6, 6.07) is 10.4. The van der Waals surface area contributed by atoms with Crippen LogP contribution in [0.25, 0.3) is 0 Å². The zero-order chi connectivity index (χ0) is 15.4. The second-order valence-corrected chi connectivity index (χ2v) is 4.63. The van der Waals surface area contributed by atoms with E-state index >= 15 is 0 Å². The number of phenols is 2. The minimum Gasteiger partial charge on any atom is -0.508 e. The second kappa shape index (κ2) is 6.17. The summed E-state index contributed by atoms with van der Waals surface area (Å²) in [6.45, 7) is 1.74. The van der Waals surface area contributed by atoms with E-state index in [1.807, 2.05) is 18.2 Å². The summed E-state index contributed by atoms with van der Waals surface area (Å²) >= 11 is 0. The summed E-state index contributed by atoms with van der Waals surface area (Å²) in [4.78, 5) is 11.1. The molecule has 0 heterocycles. The molecule has 2 aromatic rings. The number of aryl methyl sites for hydroxylation is 1. The Morgan fingerprint density at radius 1 is 1.19 bits per heavy atom. The number of phenolic OH excluding ortho intramolecular Hbond substituents is 1. The molecule has 21 heavy (non-hydrogen) atoms. The number of hydrogen-bond donors (Lipinski definition) is 3. The first kappa shape index (κ1) is 14.7. The smallest absolute Gasteiger partial charge is 0.339 e. The van der Waals surface area contributed by atoms with Crippen LogP contribution in [0.4, 0.5) is 0 Å². The SMILES string of the molecule is Cc1cc(O)c(CCOc2ccccc2)c(O)c1C(=O)O. The van der Waals surface area contributed by atoms with Gasteiger partial charge in [-0.25, -0.2) is 4.79 Å². The number of para-hydroxylation sites is 1. The standard InChI is InChI=1S/C16H16O5/c1-10-9-13(17)12(15(18)14(10)16(19)20)7-8-21-11-5-3-2-4-6-11/h2-6,9,17-18H,7-8H2,1H3,(H,19,20). The molecule has 0 aromatic heterocycles. The van der Waals surface area contributed by atoms with Gasteiger partial charge in [0.1, 0.15) is 22.8 Å². The van der Waals surface area contributed by atoms with Crippen LogP contribution in [-0.2, 0) is 6.42 Å². The lowest BCUT2D eigenvalue weighted by molar-refractivity contribution is 0.0692. The number of aromatic carboxylic acids is 1. The average molecular weight is 288 g/mol. The van der Waals surface area contributed by atoms with Crippen LogP contribution in [0.3, 0.4) is 0 Å². The van der Waals surface area contributed by atoms with E-state index in [1.54, 1.807) is 12.1 Å². The zero-order valence-electron chi connectivity index (χ0n) is 11.5. The molecule has 0 aliphatic carbocycles. The van der Waals surface area contributed by atoms with E-state index < -0.39 is 11.7 Å². The van der Waals surface area contributed by atoms with Gasteiger partial charge in [0.15, 0.2) is 0 Å². The Morgan fingerprint density at radius 3 is 2.48 bits per heavy atom. The molecule has 0 amide bonds. The molecule has 0 fully saturated rings. The molecule has 0 radical (unpaired) electrons.